The largest absolute Gasteiger partial charge is 0.469 e. The average molecular weight is 496 g/mol. The molecule has 0 fully saturated rings. The van der Waals surface area contributed by atoms with Crippen molar-refractivity contribution in [3.63, 3.8) is 0 Å². The first-order chi connectivity index (χ1) is 16.9. The third kappa shape index (κ3) is 5.22. The molecule has 1 aromatic heterocycles. The molecular weight excluding hydrogens is 470 g/mol. The number of carbonyl (C=O) groups excluding carboxylic acids is 3. The van der Waals surface area contributed by atoms with Crippen LogP contribution in [0.3, 0.4) is 0 Å². The second kappa shape index (κ2) is 10.7. The van der Waals surface area contributed by atoms with Gasteiger partial charge in [-0.05, 0) is 23.3 Å². The summed E-state index contributed by atoms with van der Waals surface area (Å²) in [6.45, 7) is 0.359. The Hall–Kier alpha value is -3.66. The van der Waals surface area contributed by atoms with Crippen LogP contribution < -0.4 is 5.56 Å². The van der Waals surface area contributed by atoms with E-state index in [1.54, 1.807) is 24.3 Å². The predicted octanol–water partition coefficient (Wildman–Crippen LogP) is 2.18. The van der Waals surface area contributed by atoms with Crippen LogP contribution in [-0.4, -0.2) is 58.3 Å². The average Bonchev–Trinajstić information content (AvgIpc) is 2.89. The van der Waals surface area contributed by atoms with E-state index in [0.29, 0.717) is 22.5 Å². The Morgan fingerprint density at radius 3 is 2.49 bits per heavy atom. The fourth-order valence-corrected chi connectivity index (χ4v) is 5.01. The van der Waals surface area contributed by atoms with Crippen LogP contribution in [0.4, 0.5) is 0 Å². The van der Waals surface area contributed by atoms with E-state index in [2.05, 4.69) is 4.98 Å². The summed E-state index contributed by atoms with van der Waals surface area (Å²) in [5, 5.41) is 0.740. The molecule has 1 atom stereocenters. The second-order valence-corrected chi connectivity index (χ2v) is 8.96. The van der Waals surface area contributed by atoms with Gasteiger partial charge in [-0.2, -0.15) is 0 Å². The van der Waals surface area contributed by atoms with Crippen LogP contribution in [0.1, 0.15) is 17.5 Å². The van der Waals surface area contributed by atoms with Crippen molar-refractivity contribution in [3.05, 3.63) is 70.0 Å². The molecule has 0 saturated heterocycles. The zero-order chi connectivity index (χ0) is 24.9. The van der Waals surface area contributed by atoms with Gasteiger partial charge in [0.05, 0.1) is 37.3 Å². The molecule has 2 heterocycles. The van der Waals surface area contributed by atoms with Crippen molar-refractivity contribution in [1.82, 2.24) is 14.5 Å². The maximum absolute atomic E-state index is 13.3. The number of amides is 1. The van der Waals surface area contributed by atoms with Crippen molar-refractivity contribution >= 4 is 40.5 Å². The number of hydrogen-bond acceptors (Lipinski definition) is 8. The molecule has 0 spiro atoms. The van der Waals surface area contributed by atoms with E-state index >= 15 is 0 Å². The molecule has 1 amide bonds. The van der Waals surface area contributed by atoms with Gasteiger partial charge in [-0.3, -0.25) is 19.0 Å². The van der Waals surface area contributed by atoms with Crippen LogP contribution in [0.5, 0.6) is 0 Å². The van der Waals surface area contributed by atoms with Gasteiger partial charge >= 0.3 is 11.9 Å². The summed E-state index contributed by atoms with van der Waals surface area (Å²) < 4.78 is 11.0. The van der Waals surface area contributed by atoms with Gasteiger partial charge in [0.25, 0.3) is 5.56 Å². The fraction of sp³-hybridized carbons (Fsp3) is 0.320. The Morgan fingerprint density at radius 1 is 1.03 bits per heavy atom. The van der Waals surface area contributed by atoms with E-state index < -0.39 is 18.0 Å². The smallest absolute Gasteiger partial charge is 0.328 e. The predicted molar refractivity (Wildman–Crippen MR) is 130 cm³/mol. The molecule has 0 bridgehead atoms. The van der Waals surface area contributed by atoms with Gasteiger partial charge in [0.15, 0.2) is 5.16 Å². The SMILES string of the molecule is COC(=O)CCn1c(SCC(=O)N2Cc3ccccc3C[C@@H]2C(=O)OC)nc2ccccc2c1=O. The fourth-order valence-electron chi connectivity index (χ4n) is 4.10. The number of esters is 2. The normalized spacial score (nSPS) is 14.9. The van der Waals surface area contributed by atoms with E-state index in [9.17, 15) is 19.2 Å². The molecule has 10 heteroatoms. The minimum atomic E-state index is -0.728. The van der Waals surface area contributed by atoms with Crippen LogP contribution in [0.2, 0.25) is 0 Å². The molecule has 0 saturated carbocycles. The molecule has 9 nitrogen and oxygen atoms in total. The Labute approximate surface area is 206 Å². The molecule has 0 aliphatic carbocycles. The Morgan fingerprint density at radius 2 is 1.74 bits per heavy atom. The van der Waals surface area contributed by atoms with Crippen molar-refractivity contribution in [2.45, 2.75) is 37.1 Å². The number of methoxy groups -OCH3 is 2. The summed E-state index contributed by atoms with van der Waals surface area (Å²) in [4.78, 5) is 56.7. The van der Waals surface area contributed by atoms with Crippen molar-refractivity contribution in [3.8, 4) is 0 Å². The Bertz CT molecular complexity index is 1340. The van der Waals surface area contributed by atoms with E-state index in [0.717, 1.165) is 22.9 Å². The zero-order valence-electron chi connectivity index (χ0n) is 19.4. The monoisotopic (exact) mass is 495 g/mol. The minimum Gasteiger partial charge on any atom is -0.469 e. The third-order valence-electron chi connectivity index (χ3n) is 5.96. The molecule has 1 aliphatic heterocycles. The molecule has 35 heavy (non-hydrogen) atoms. The summed E-state index contributed by atoms with van der Waals surface area (Å²) in [5.74, 6) is -1.25. The number of benzene rings is 2. The highest BCUT2D eigenvalue weighted by molar-refractivity contribution is 7.99. The van der Waals surface area contributed by atoms with Gasteiger partial charge in [-0.25, -0.2) is 9.78 Å². The number of aromatic nitrogens is 2. The van der Waals surface area contributed by atoms with Crippen LogP contribution >= 0.6 is 11.8 Å². The number of thioether (sulfide) groups is 1. The lowest BCUT2D eigenvalue weighted by molar-refractivity contribution is -0.153. The molecule has 182 valence electrons. The maximum Gasteiger partial charge on any atom is 0.328 e. The number of para-hydroxylation sites is 1. The van der Waals surface area contributed by atoms with E-state index in [4.69, 9.17) is 9.47 Å². The van der Waals surface area contributed by atoms with Gasteiger partial charge in [-0.15, -0.1) is 0 Å². The summed E-state index contributed by atoms with van der Waals surface area (Å²) in [6.07, 6.45) is 0.364. The van der Waals surface area contributed by atoms with Gasteiger partial charge < -0.3 is 14.4 Å². The number of nitrogens with zero attached hydrogens (tertiary/aromatic N) is 3. The lowest BCUT2D eigenvalue weighted by Crippen LogP contribution is -2.49. The van der Waals surface area contributed by atoms with E-state index in [1.165, 1.54) is 23.7 Å². The second-order valence-electron chi connectivity index (χ2n) is 8.02. The molecule has 0 radical (unpaired) electrons. The molecule has 2 aromatic carbocycles. The lowest BCUT2D eigenvalue weighted by Gasteiger charge is -2.35. The van der Waals surface area contributed by atoms with Gasteiger partial charge in [0.2, 0.25) is 5.91 Å². The van der Waals surface area contributed by atoms with Crippen molar-refractivity contribution in [1.29, 1.82) is 0 Å². The van der Waals surface area contributed by atoms with Crippen molar-refractivity contribution in [2.75, 3.05) is 20.0 Å². The van der Waals surface area contributed by atoms with E-state index in [-0.39, 0.29) is 36.7 Å². The van der Waals surface area contributed by atoms with Gasteiger partial charge in [-0.1, -0.05) is 48.2 Å². The first kappa shape index (κ1) is 24.5. The summed E-state index contributed by atoms with van der Waals surface area (Å²) in [6, 6.07) is 13.9. The van der Waals surface area contributed by atoms with Gasteiger partial charge in [0, 0.05) is 19.5 Å². The van der Waals surface area contributed by atoms with Crippen LogP contribution in [-0.2, 0) is 43.4 Å². The first-order valence-corrected chi connectivity index (χ1v) is 12.0. The topological polar surface area (TPSA) is 108 Å². The summed E-state index contributed by atoms with van der Waals surface area (Å²) >= 11 is 1.10. The Kier molecular flexibility index (Phi) is 7.50. The molecular formula is C25H25N3O6S. The maximum atomic E-state index is 13.3. The highest BCUT2D eigenvalue weighted by atomic mass is 32.2. The standard InChI is InChI=1S/C25H25N3O6S/c1-33-22(30)11-12-27-23(31)18-9-5-6-10-19(18)26-25(27)35-15-21(29)28-14-17-8-4-3-7-16(17)13-20(28)24(32)34-2/h3-10,20H,11-15H2,1-2H3/t20-/m1/s1. The molecule has 1 aliphatic rings. The van der Waals surface area contributed by atoms with Crippen LogP contribution in [0, 0.1) is 0 Å². The summed E-state index contributed by atoms with van der Waals surface area (Å²) in [5.41, 5.74) is 2.19. The number of fused-ring (bicyclic) bond motifs is 2. The first-order valence-electron chi connectivity index (χ1n) is 11.1. The van der Waals surface area contributed by atoms with Crippen LogP contribution in [0.15, 0.2) is 58.5 Å². The number of ether oxygens (including phenoxy) is 2. The quantitative estimate of drug-likeness (QED) is 0.279. The van der Waals surface area contributed by atoms with Crippen molar-refractivity contribution in [2.24, 2.45) is 0 Å². The van der Waals surface area contributed by atoms with Gasteiger partial charge in [0.1, 0.15) is 6.04 Å². The van der Waals surface area contributed by atoms with Crippen LogP contribution in [0.25, 0.3) is 10.9 Å². The summed E-state index contributed by atoms with van der Waals surface area (Å²) in [7, 11) is 2.59. The number of carbonyl (C=O) groups is 3. The molecule has 0 unspecified atom stereocenters. The Balaban J connectivity index is 1.60. The molecule has 3 aromatic rings. The third-order valence-corrected chi connectivity index (χ3v) is 6.92. The molecule has 0 N–H and O–H groups in total. The van der Waals surface area contributed by atoms with E-state index in [1.807, 2.05) is 24.3 Å². The highest BCUT2D eigenvalue weighted by Crippen LogP contribution is 2.26. The highest BCUT2D eigenvalue weighted by Gasteiger charge is 2.35. The molecule has 4 rings (SSSR count). The van der Waals surface area contributed by atoms with Crippen molar-refractivity contribution < 1.29 is 23.9 Å². The lowest BCUT2D eigenvalue weighted by atomic mass is 9.94. The zero-order valence-corrected chi connectivity index (χ0v) is 20.2. The minimum absolute atomic E-state index is 0.00867. The number of rotatable bonds is 7. The number of hydrogen-bond donors (Lipinski definition) is 0.